The van der Waals surface area contributed by atoms with Crippen molar-refractivity contribution in [2.24, 2.45) is 0 Å². The van der Waals surface area contributed by atoms with E-state index in [1.54, 1.807) is 31.3 Å². The summed E-state index contributed by atoms with van der Waals surface area (Å²) < 4.78 is 32.3. The fourth-order valence-electron chi connectivity index (χ4n) is 2.54. The second kappa shape index (κ2) is 6.53. The van der Waals surface area contributed by atoms with Crippen molar-refractivity contribution in [2.75, 3.05) is 18.0 Å². The van der Waals surface area contributed by atoms with E-state index in [9.17, 15) is 8.42 Å². The Kier molecular flexibility index (Phi) is 4.44. The van der Waals surface area contributed by atoms with E-state index in [4.69, 9.17) is 4.74 Å². The monoisotopic (exact) mass is 341 g/mol. The Labute approximate surface area is 142 Å². The standard InChI is InChI=1S/C19H19NO3S/c1-3-23-18-10-12-19(13-11-18)24(21,22)20(2)17-9-8-15-6-4-5-7-16(15)14-17/h4-14H,3H2,1-2H3. The number of ether oxygens (including phenoxy) is 1. The van der Waals surface area contributed by atoms with Crippen LogP contribution in [-0.2, 0) is 10.0 Å². The molecule has 0 unspecified atom stereocenters. The normalized spacial score (nSPS) is 11.4. The SMILES string of the molecule is CCOc1ccc(S(=O)(=O)N(C)c2ccc3ccccc3c2)cc1. The highest BCUT2D eigenvalue weighted by Gasteiger charge is 2.21. The average molecular weight is 341 g/mol. The molecule has 0 N–H and O–H groups in total. The van der Waals surface area contributed by atoms with Crippen molar-refractivity contribution in [3.8, 4) is 5.75 Å². The topological polar surface area (TPSA) is 46.6 Å². The van der Waals surface area contributed by atoms with Gasteiger partial charge < -0.3 is 4.74 Å². The van der Waals surface area contributed by atoms with E-state index in [1.807, 2.05) is 49.4 Å². The third-order valence-electron chi connectivity index (χ3n) is 3.89. The first kappa shape index (κ1) is 16.3. The van der Waals surface area contributed by atoms with Crippen LogP contribution in [0.25, 0.3) is 10.8 Å². The van der Waals surface area contributed by atoms with Gasteiger partial charge >= 0.3 is 0 Å². The molecule has 0 saturated carbocycles. The Morgan fingerprint density at radius 3 is 2.25 bits per heavy atom. The molecule has 0 atom stereocenters. The van der Waals surface area contributed by atoms with Crippen LogP contribution >= 0.6 is 0 Å². The minimum absolute atomic E-state index is 0.238. The molecule has 0 aliphatic rings. The molecule has 3 rings (SSSR count). The smallest absolute Gasteiger partial charge is 0.264 e. The molecule has 0 aliphatic heterocycles. The Morgan fingerprint density at radius 2 is 1.58 bits per heavy atom. The third-order valence-corrected chi connectivity index (χ3v) is 5.69. The van der Waals surface area contributed by atoms with E-state index in [1.165, 1.54) is 4.31 Å². The molecule has 0 fully saturated rings. The number of nitrogens with zero attached hydrogens (tertiary/aromatic N) is 1. The minimum Gasteiger partial charge on any atom is -0.494 e. The van der Waals surface area contributed by atoms with Crippen molar-refractivity contribution in [3.63, 3.8) is 0 Å². The zero-order chi connectivity index (χ0) is 17.2. The molecule has 5 heteroatoms. The van der Waals surface area contributed by atoms with Gasteiger partial charge in [0.1, 0.15) is 5.75 Å². The van der Waals surface area contributed by atoms with Gasteiger partial charge in [0, 0.05) is 7.05 Å². The number of sulfonamides is 1. The molecule has 0 bridgehead atoms. The summed E-state index contributed by atoms with van der Waals surface area (Å²) in [7, 11) is -2.05. The highest BCUT2D eigenvalue weighted by Crippen LogP contribution is 2.26. The highest BCUT2D eigenvalue weighted by molar-refractivity contribution is 7.92. The van der Waals surface area contributed by atoms with E-state index in [-0.39, 0.29) is 4.90 Å². The third kappa shape index (κ3) is 3.08. The van der Waals surface area contributed by atoms with Crippen molar-refractivity contribution in [1.82, 2.24) is 0 Å². The predicted octanol–water partition coefficient (Wildman–Crippen LogP) is 4.06. The molecule has 0 heterocycles. The zero-order valence-corrected chi connectivity index (χ0v) is 14.5. The molecular weight excluding hydrogens is 322 g/mol. The number of fused-ring (bicyclic) bond motifs is 1. The maximum atomic E-state index is 12.8. The van der Waals surface area contributed by atoms with Gasteiger partial charge in [0.05, 0.1) is 17.2 Å². The summed E-state index contributed by atoms with van der Waals surface area (Å²) in [6, 6.07) is 20.0. The van der Waals surface area contributed by atoms with Crippen LogP contribution in [0, 0.1) is 0 Å². The molecule has 24 heavy (non-hydrogen) atoms. The van der Waals surface area contributed by atoms with Gasteiger partial charge in [0.2, 0.25) is 0 Å². The number of benzene rings is 3. The van der Waals surface area contributed by atoms with E-state index in [0.717, 1.165) is 10.8 Å². The fourth-order valence-corrected chi connectivity index (χ4v) is 3.73. The maximum Gasteiger partial charge on any atom is 0.264 e. The van der Waals surface area contributed by atoms with Gasteiger partial charge in [0.25, 0.3) is 10.0 Å². The van der Waals surface area contributed by atoms with Crippen molar-refractivity contribution >= 4 is 26.5 Å². The van der Waals surface area contributed by atoms with Crippen molar-refractivity contribution in [1.29, 1.82) is 0 Å². The molecule has 0 amide bonds. The van der Waals surface area contributed by atoms with Crippen molar-refractivity contribution in [3.05, 3.63) is 66.7 Å². The molecule has 3 aromatic rings. The molecule has 0 radical (unpaired) electrons. The van der Waals surface area contributed by atoms with Gasteiger partial charge in [-0.15, -0.1) is 0 Å². The van der Waals surface area contributed by atoms with Crippen LogP contribution < -0.4 is 9.04 Å². The van der Waals surface area contributed by atoms with Crippen LogP contribution in [0.1, 0.15) is 6.92 Å². The number of anilines is 1. The summed E-state index contributed by atoms with van der Waals surface area (Å²) >= 11 is 0. The highest BCUT2D eigenvalue weighted by atomic mass is 32.2. The summed E-state index contributed by atoms with van der Waals surface area (Å²) in [6.45, 7) is 2.43. The second-order valence-electron chi connectivity index (χ2n) is 5.41. The van der Waals surface area contributed by atoms with Crippen molar-refractivity contribution < 1.29 is 13.2 Å². The molecule has 0 saturated heterocycles. The van der Waals surface area contributed by atoms with E-state index in [0.29, 0.717) is 18.0 Å². The first-order valence-corrected chi connectivity index (χ1v) is 9.17. The van der Waals surface area contributed by atoms with Crippen LogP contribution in [0.5, 0.6) is 5.75 Å². The Morgan fingerprint density at radius 1 is 0.917 bits per heavy atom. The van der Waals surface area contributed by atoms with Gasteiger partial charge in [-0.1, -0.05) is 30.3 Å². The molecule has 0 aromatic heterocycles. The summed E-state index contributed by atoms with van der Waals surface area (Å²) in [5.74, 6) is 0.657. The molecule has 124 valence electrons. The Bertz CT molecular complexity index is 950. The van der Waals surface area contributed by atoms with Gasteiger partial charge in [-0.05, 0) is 54.1 Å². The number of hydrogen-bond acceptors (Lipinski definition) is 3. The lowest BCUT2D eigenvalue weighted by Crippen LogP contribution is -2.26. The number of hydrogen-bond donors (Lipinski definition) is 0. The van der Waals surface area contributed by atoms with Crippen LogP contribution in [0.3, 0.4) is 0 Å². The first-order valence-electron chi connectivity index (χ1n) is 7.73. The molecular formula is C19H19NO3S. The van der Waals surface area contributed by atoms with Gasteiger partial charge in [-0.25, -0.2) is 8.42 Å². The second-order valence-corrected chi connectivity index (χ2v) is 7.38. The lowest BCUT2D eigenvalue weighted by Gasteiger charge is -2.20. The first-order chi connectivity index (χ1) is 11.5. The van der Waals surface area contributed by atoms with E-state index in [2.05, 4.69) is 0 Å². The summed E-state index contributed by atoms with van der Waals surface area (Å²) in [5.41, 5.74) is 0.627. The maximum absolute atomic E-state index is 12.8. The lowest BCUT2D eigenvalue weighted by molar-refractivity contribution is 0.340. The summed E-state index contributed by atoms with van der Waals surface area (Å²) in [6.07, 6.45) is 0. The lowest BCUT2D eigenvalue weighted by atomic mass is 10.1. The Hall–Kier alpha value is -2.53. The molecule has 4 nitrogen and oxygen atoms in total. The van der Waals surface area contributed by atoms with Crippen LogP contribution in [-0.4, -0.2) is 22.1 Å². The largest absolute Gasteiger partial charge is 0.494 e. The van der Waals surface area contributed by atoms with Gasteiger partial charge in [-0.2, -0.15) is 0 Å². The fraction of sp³-hybridized carbons (Fsp3) is 0.158. The molecule has 0 spiro atoms. The Balaban J connectivity index is 1.95. The summed E-state index contributed by atoms with van der Waals surface area (Å²) in [4.78, 5) is 0.238. The number of rotatable bonds is 5. The van der Waals surface area contributed by atoms with Crippen LogP contribution in [0.4, 0.5) is 5.69 Å². The van der Waals surface area contributed by atoms with Crippen LogP contribution in [0.15, 0.2) is 71.6 Å². The molecule has 0 aliphatic carbocycles. The molecule has 3 aromatic carbocycles. The van der Waals surface area contributed by atoms with Gasteiger partial charge in [0.15, 0.2) is 0 Å². The van der Waals surface area contributed by atoms with Gasteiger partial charge in [-0.3, -0.25) is 4.31 Å². The summed E-state index contributed by atoms with van der Waals surface area (Å²) in [5, 5.41) is 2.08. The zero-order valence-electron chi connectivity index (χ0n) is 13.6. The average Bonchev–Trinajstić information content (AvgIpc) is 2.61. The van der Waals surface area contributed by atoms with Crippen molar-refractivity contribution in [2.45, 2.75) is 11.8 Å². The quantitative estimate of drug-likeness (QED) is 0.703. The van der Waals surface area contributed by atoms with Crippen LogP contribution in [0.2, 0.25) is 0 Å². The van der Waals surface area contributed by atoms with E-state index < -0.39 is 10.0 Å². The van der Waals surface area contributed by atoms with E-state index >= 15 is 0 Å². The minimum atomic E-state index is -3.61. The predicted molar refractivity (Wildman–Crippen MR) is 97.1 cm³/mol.